The summed E-state index contributed by atoms with van der Waals surface area (Å²) in [4.78, 5) is 0. The van der Waals surface area contributed by atoms with Crippen LogP contribution in [-0.2, 0) is 0 Å². The Labute approximate surface area is 86.7 Å². The lowest BCUT2D eigenvalue weighted by Gasteiger charge is -1.89. The van der Waals surface area contributed by atoms with E-state index in [1.165, 1.54) is 10.9 Å². The van der Waals surface area contributed by atoms with Gasteiger partial charge >= 0.3 is 0 Å². The molecule has 1 heterocycles. The van der Waals surface area contributed by atoms with Gasteiger partial charge in [0.15, 0.2) is 0 Å². The summed E-state index contributed by atoms with van der Waals surface area (Å²) in [7, 11) is 0. The molecule has 0 aliphatic heterocycles. The normalized spacial score (nSPS) is 8.36. The molecular formula is C13H20O. The van der Waals surface area contributed by atoms with Gasteiger partial charge in [-0.3, -0.25) is 0 Å². The molecule has 1 nitrogen and oxygen atoms in total. The zero-order valence-corrected chi connectivity index (χ0v) is 9.79. The quantitative estimate of drug-likeness (QED) is 0.584. The molecule has 0 N–H and O–H groups in total. The van der Waals surface area contributed by atoms with E-state index in [0.717, 1.165) is 5.58 Å². The van der Waals surface area contributed by atoms with Gasteiger partial charge in [0, 0.05) is 5.39 Å². The van der Waals surface area contributed by atoms with Crippen LogP contribution in [-0.4, -0.2) is 0 Å². The summed E-state index contributed by atoms with van der Waals surface area (Å²) < 4.78 is 5.20. The molecule has 1 heteroatoms. The van der Waals surface area contributed by atoms with Crippen molar-refractivity contribution in [2.45, 2.75) is 34.6 Å². The second kappa shape index (κ2) is 7.19. The van der Waals surface area contributed by atoms with E-state index >= 15 is 0 Å². The number of furan rings is 1. The summed E-state index contributed by atoms with van der Waals surface area (Å²) in [5, 5.41) is 1.17. The van der Waals surface area contributed by atoms with Gasteiger partial charge in [-0.15, -0.1) is 0 Å². The highest BCUT2D eigenvalue weighted by molar-refractivity contribution is 5.77. The van der Waals surface area contributed by atoms with E-state index in [2.05, 4.69) is 19.1 Å². The Morgan fingerprint density at radius 1 is 0.929 bits per heavy atom. The average molecular weight is 192 g/mol. The van der Waals surface area contributed by atoms with E-state index in [1.54, 1.807) is 6.26 Å². The topological polar surface area (TPSA) is 13.1 Å². The van der Waals surface area contributed by atoms with Crippen molar-refractivity contribution in [1.29, 1.82) is 0 Å². The van der Waals surface area contributed by atoms with Crippen LogP contribution in [0.4, 0.5) is 0 Å². The average Bonchev–Trinajstić information content (AvgIpc) is 2.71. The maximum atomic E-state index is 5.20. The molecular weight excluding hydrogens is 172 g/mol. The zero-order valence-electron chi connectivity index (χ0n) is 9.79. The first kappa shape index (κ1) is 12.8. The monoisotopic (exact) mass is 192 g/mol. The molecule has 0 aliphatic carbocycles. The van der Waals surface area contributed by atoms with Crippen LogP contribution in [0.2, 0.25) is 0 Å². The third-order valence-corrected chi connectivity index (χ3v) is 1.61. The maximum absolute atomic E-state index is 5.20. The lowest BCUT2D eigenvalue weighted by molar-refractivity contribution is 0.615. The molecule has 0 spiro atoms. The lowest BCUT2D eigenvalue weighted by atomic mass is 10.2. The minimum absolute atomic E-state index is 0.972. The summed E-state index contributed by atoms with van der Waals surface area (Å²) in [6.07, 6.45) is 1.71. The van der Waals surface area contributed by atoms with Gasteiger partial charge in [-0.25, -0.2) is 0 Å². The minimum Gasteiger partial charge on any atom is -0.464 e. The van der Waals surface area contributed by atoms with Gasteiger partial charge in [0.25, 0.3) is 0 Å². The van der Waals surface area contributed by atoms with Crippen LogP contribution in [0.25, 0.3) is 11.0 Å². The fourth-order valence-electron chi connectivity index (χ4n) is 1.06. The Morgan fingerprint density at radius 2 is 1.57 bits per heavy atom. The molecule has 0 bridgehead atoms. The first-order valence-electron chi connectivity index (χ1n) is 5.30. The molecule has 1 aromatic carbocycles. The van der Waals surface area contributed by atoms with E-state index in [0.29, 0.717) is 0 Å². The van der Waals surface area contributed by atoms with Crippen molar-refractivity contribution in [3.05, 3.63) is 36.1 Å². The Bertz CT molecular complexity index is 347. The summed E-state index contributed by atoms with van der Waals surface area (Å²) in [6, 6.07) is 8.15. The molecule has 2 rings (SSSR count). The molecule has 14 heavy (non-hydrogen) atoms. The van der Waals surface area contributed by atoms with Gasteiger partial charge in [-0.05, 0) is 24.6 Å². The molecule has 0 saturated heterocycles. The third-order valence-electron chi connectivity index (χ3n) is 1.61. The van der Waals surface area contributed by atoms with Crippen molar-refractivity contribution in [3.63, 3.8) is 0 Å². The molecule has 1 aromatic heterocycles. The van der Waals surface area contributed by atoms with E-state index < -0.39 is 0 Å². The lowest BCUT2D eigenvalue weighted by Crippen LogP contribution is -1.67. The van der Waals surface area contributed by atoms with E-state index in [9.17, 15) is 0 Å². The number of hydrogen-bond donors (Lipinski definition) is 0. The van der Waals surface area contributed by atoms with Gasteiger partial charge in [0.1, 0.15) is 5.58 Å². The van der Waals surface area contributed by atoms with Crippen molar-refractivity contribution in [1.82, 2.24) is 0 Å². The van der Waals surface area contributed by atoms with Crippen LogP contribution in [0.3, 0.4) is 0 Å². The highest BCUT2D eigenvalue weighted by Crippen LogP contribution is 2.15. The Kier molecular flexibility index (Phi) is 6.55. The maximum Gasteiger partial charge on any atom is 0.134 e. The fourth-order valence-corrected chi connectivity index (χ4v) is 1.06. The van der Waals surface area contributed by atoms with Crippen molar-refractivity contribution in [2.75, 3.05) is 0 Å². The van der Waals surface area contributed by atoms with Crippen LogP contribution in [0.1, 0.15) is 33.3 Å². The zero-order chi connectivity index (χ0) is 11.0. The Morgan fingerprint density at radius 3 is 2.21 bits per heavy atom. The van der Waals surface area contributed by atoms with E-state index in [1.807, 2.05) is 39.8 Å². The minimum atomic E-state index is 0.972. The number of hydrogen-bond acceptors (Lipinski definition) is 1. The van der Waals surface area contributed by atoms with Gasteiger partial charge in [0.05, 0.1) is 6.26 Å². The number of benzene rings is 1. The van der Waals surface area contributed by atoms with Crippen LogP contribution >= 0.6 is 0 Å². The van der Waals surface area contributed by atoms with Gasteiger partial charge in [-0.2, -0.15) is 0 Å². The van der Waals surface area contributed by atoms with Gasteiger partial charge in [0.2, 0.25) is 0 Å². The van der Waals surface area contributed by atoms with Crippen molar-refractivity contribution < 1.29 is 4.42 Å². The van der Waals surface area contributed by atoms with Crippen molar-refractivity contribution in [2.24, 2.45) is 0 Å². The summed E-state index contributed by atoms with van der Waals surface area (Å²) in [5.41, 5.74) is 2.21. The first-order valence-corrected chi connectivity index (χ1v) is 5.30. The third kappa shape index (κ3) is 3.25. The summed E-state index contributed by atoms with van der Waals surface area (Å²) >= 11 is 0. The standard InChI is InChI=1S/C9H8O.2C2H6/c1-7-2-3-8-4-5-10-9(8)6-7;2*1-2/h2-6H,1H3;2*1-2H3. The Hall–Kier alpha value is -1.24. The van der Waals surface area contributed by atoms with Crippen molar-refractivity contribution >= 4 is 11.0 Å². The van der Waals surface area contributed by atoms with Crippen LogP contribution in [0.5, 0.6) is 0 Å². The van der Waals surface area contributed by atoms with E-state index in [4.69, 9.17) is 4.42 Å². The fraction of sp³-hybridized carbons (Fsp3) is 0.385. The molecule has 0 fully saturated rings. The molecule has 0 saturated carbocycles. The van der Waals surface area contributed by atoms with Crippen molar-refractivity contribution in [3.8, 4) is 0 Å². The largest absolute Gasteiger partial charge is 0.464 e. The molecule has 2 aromatic rings. The highest BCUT2D eigenvalue weighted by atomic mass is 16.3. The smallest absolute Gasteiger partial charge is 0.134 e. The highest BCUT2D eigenvalue weighted by Gasteiger charge is 1.93. The molecule has 0 amide bonds. The second-order valence-electron chi connectivity index (χ2n) is 2.46. The predicted molar refractivity (Wildman–Crippen MR) is 63.6 cm³/mol. The summed E-state index contributed by atoms with van der Waals surface area (Å²) in [6.45, 7) is 10.1. The molecule has 0 radical (unpaired) electrons. The molecule has 0 unspecified atom stereocenters. The SMILES string of the molecule is CC.CC.Cc1ccc2ccoc2c1. The molecule has 78 valence electrons. The van der Waals surface area contributed by atoms with E-state index in [-0.39, 0.29) is 0 Å². The Balaban J connectivity index is 0.000000379. The number of fused-ring (bicyclic) bond motifs is 1. The van der Waals surface area contributed by atoms with Crippen LogP contribution < -0.4 is 0 Å². The van der Waals surface area contributed by atoms with Crippen LogP contribution in [0, 0.1) is 6.92 Å². The predicted octanol–water partition coefficient (Wildman–Crippen LogP) is 4.79. The summed E-state index contributed by atoms with van der Waals surface area (Å²) in [5.74, 6) is 0. The second-order valence-corrected chi connectivity index (χ2v) is 2.46. The molecule has 0 atom stereocenters. The van der Waals surface area contributed by atoms with Crippen LogP contribution in [0.15, 0.2) is 34.9 Å². The first-order chi connectivity index (χ1) is 6.86. The van der Waals surface area contributed by atoms with Gasteiger partial charge < -0.3 is 4.42 Å². The number of aryl methyl sites for hydroxylation is 1. The van der Waals surface area contributed by atoms with Gasteiger partial charge in [-0.1, -0.05) is 39.8 Å². The number of rotatable bonds is 0. The molecule has 0 aliphatic rings.